The van der Waals surface area contributed by atoms with Gasteiger partial charge in [-0.25, -0.2) is 0 Å². The molecule has 1 unspecified atom stereocenters. The normalized spacial score (nSPS) is 11.9. The fourth-order valence-corrected chi connectivity index (χ4v) is 1.74. The summed E-state index contributed by atoms with van der Waals surface area (Å²) in [5.41, 5.74) is 7.96. The lowest BCUT2D eigenvalue weighted by Gasteiger charge is -2.14. The Bertz CT molecular complexity index is 526. The van der Waals surface area contributed by atoms with Crippen LogP contribution in [-0.4, -0.2) is 12.1 Å². The van der Waals surface area contributed by atoms with E-state index in [1.807, 2.05) is 49.4 Å². The Morgan fingerprint density at radius 2 is 1.94 bits per heavy atom. The molecule has 0 bridgehead atoms. The highest BCUT2D eigenvalue weighted by molar-refractivity contribution is 5.61. The van der Waals surface area contributed by atoms with Gasteiger partial charge in [0, 0.05) is 17.8 Å². The van der Waals surface area contributed by atoms with Gasteiger partial charge in [0.25, 0.3) is 0 Å². The molecule has 0 aliphatic carbocycles. The highest BCUT2D eigenvalue weighted by atomic mass is 16.5. The van der Waals surface area contributed by atoms with E-state index in [-0.39, 0.29) is 6.04 Å². The summed E-state index contributed by atoms with van der Waals surface area (Å²) in [6.07, 6.45) is 0. The van der Waals surface area contributed by atoms with Gasteiger partial charge in [0.2, 0.25) is 5.88 Å². The molecule has 0 fully saturated rings. The van der Waals surface area contributed by atoms with Crippen molar-refractivity contribution in [2.24, 2.45) is 5.73 Å². The van der Waals surface area contributed by atoms with Crippen LogP contribution < -0.4 is 15.8 Å². The first-order chi connectivity index (χ1) is 8.70. The van der Waals surface area contributed by atoms with Crippen LogP contribution in [0, 0.1) is 0 Å². The highest BCUT2D eigenvalue weighted by Gasteiger charge is 2.06. The second-order valence-corrected chi connectivity index (χ2v) is 4.07. The van der Waals surface area contributed by atoms with Crippen molar-refractivity contribution in [2.75, 3.05) is 12.4 Å². The number of methoxy groups -OCH3 is 1. The fourth-order valence-electron chi connectivity index (χ4n) is 1.74. The number of benzene rings is 1. The van der Waals surface area contributed by atoms with Gasteiger partial charge in [0.05, 0.1) is 7.11 Å². The number of nitrogens with zero attached hydrogens (tertiary/aromatic N) is 1. The van der Waals surface area contributed by atoms with E-state index in [0.717, 1.165) is 17.1 Å². The molecule has 94 valence electrons. The Balaban J connectivity index is 2.28. The quantitative estimate of drug-likeness (QED) is 0.866. The smallest absolute Gasteiger partial charge is 0.214 e. The van der Waals surface area contributed by atoms with Crippen LogP contribution in [0.15, 0.2) is 42.5 Å². The lowest BCUT2D eigenvalue weighted by atomic mass is 10.1. The number of para-hydroxylation sites is 1. The first-order valence-electron chi connectivity index (χ1n) is 5.83. The van der Waals surface area contributed by atoms with Gasteiger partial charge in [-0.2, -0.15) is 4.98 Å². The molecule has 4 nitrogen and oxygen atoms in total. The van der Waals surface area contributed by atoms with Crippen molar-refractivity contribution in [2.45, 2.75) is 13.0 Å². The third-order valence-corrected chi connectivity index (χ3v) is 2.65. The Labute approximate surface area is 107 Å². The highest BCUT2D eigenvalue weighted by Crippen LogP contribution is 2.24. The fraction of sp³-hybridized carbons (Fsp3) is 0.214. The molecule has 0 saturated heterocycles. The van der Waals surface area contributed by atoms with E-state index in [2.05, 4.69) is 10.3 Å². The molecule has 0 radical (unpaired) electrons. The molecule has 3 N–H and O–H groups in total. The van der Waals surface area contributed by atoms with Crippen LogP contribution in [0.3, 0.4) is 0 Å². The summed E-state index contributed by atoms with van der Waals surface area (Å²) < 4.78 is 5.09. The molecule has 1 aromatic heterocycles. The van der Waals surface area contributed by atoms with E-state index < -0.39 is 0 Å². The van der Waals surface area contributed by atoms with Gasteiger partial charge in [-0.05, 0) is 24.6 Å². The number of aromatic nitrogens is 1. The van der Waals surface area contributed by atoms with Gasteiger partial charge in [0.15, 0.2) is 0 Å². The van der Waals surface area contributed by atoms with E-state index in [1.54, 1.807) is 7.11 Å². The number of nitrogens with two attached hydrogens (primary N) is 1. The summed E-state index contributed by atoms with van der Waals surface area (Å²) in [4.78, 5) is 4.31. The van der Waals surface area contributed by atoms with Crippen molar-refractivity contribution >= 4 is 11.5 Å². The van der Waals surface area contributed by atoms with E-state index in [9.17, 15) is 0 Å². The number of anilines is 2. The number of ether oxygens (including phenoxy) is 1. The van der Waals surface area contributed by atoms with Crippen molar-refractivity contribution in [3.05, 3.63) is 48.0 Å². The summed E-state index contributed by atoms with van der Waals surface area (Å²) >= 11 is 0. The van der Waals surface area contributed by atoms with E-state index in [4.69, 9.17) is 10.5 Å². The molecule has 1 aromatic carbocycles. The van der Waals surface area contributed by atoms with Crippen molar-refractivity contribution in [3.63, 3.8) is 0 Å². The minimum absolute atomic E-state index is 0.0284. The molecule has 0 aliphatic rings. The summed E-state index contributed by atoms with van der Waals surface area (Å²) in [6, 6.07) is 13.5. The van der Waals surface area contributed by atoms with E-state index in [0.29, 0.717) is 5.88 Å². The monoisotopic (exact) mass is 243 g/mol. The average Bonchev–Trinajstić information content (AvgIpc) is 2.39. The molecule has 0 aliphatic heterocycles. The van der Waals surface area contributed by atoms with Crippen LogP contribution in [0.2, 0.25) is 0 Å². The van der Waals surface area contributed by atoms with Crippen molar-refractivity contribution in [3.8, 4) is 5.88 Å². The standard InChI is InChI=1S/C14H17N3O/c1-10(15)11-6-3-4-7-12(11)16-13-8-5-9-14(17-13)18-2/h3-10H,15H2,1-2H3,(H,16,17). The van der Waals surface area contributed by atoms with E-state index >= 15 is 0 Å². The maximum atomic E-state index is 5.94. The maximum Gasteiger partial charge on any atom is 0.214 e. The molecule has 18 heavy (non-hydrogen) atoms. The van der Waals surface area contributed by atoms with E-state index in [1.165, 1.54) is 0 Å². The lowest BCUT2D eigenvalue weighted by Crippen LogP contribution is -2.08. The second-order valence-electron chi connectivity index (χ2n) is 4.07. The van der Waals surface area contributed by atoms with Gasteiger partial charge in [-0.3, -0.25) is 0 Å². The van der Waals surface area contributed by atoms with Crippen LogP contribution in [0.5, 0.6) is 5.88 Å². The van der Waals surface area contributed by atoms with Crippen LogP contribution in [0.25, 0.3) is 0 Å². The Kier molecular flexibility index (Phi) is 3.79. The van der Waals surface area contributed by atoms with Crippen LogP contribution >= 0.6 is 0 Å². The maximum absolute atomic E-state index is 5.94. The zero-order chi connectivity index (χ0) is 13.0. The topological polar surface area (TPSA) is 60.2 Å². The van der Waals surface area contributed by atoms with Crippen molar-refractivity contribution in [1.82, 2.24) is 4.98 Å². The number of nitrogens with one attached hydrogen (secondary N) is 1. The minimum atomic E-state index is -0.0284. The van der Waals surface area contributed by atoms with Crippen molar-refractivity contribution < 1.29 is 4.74 Å². The Morgan fingerprint density at radius 1 is 1.17 bits per heavy atom. The SMILES string of the molecule is COc1cccc(Nc2ccccc2C(C)N)n1. The number of rotatable bonds is 4. The summed E-state index contributed by atoms with van der Waals surface area (Å²) in [5, 5.41) is 3.26. The first kappa shape index (κ1) is 12.4. The largest absolute Gasteiger partial charge is 0.481 e. The van der Waals surface area contributed by atoms with Crippen molar-refractivity contribution in [1.29, 1.82) is 0 Å². The molecular formula is C14H17N3O. The first-order valence-corrected chi connectivity index (χ1v) is 5.83. The lowest BCUT2D eigenvalue weighted by molar-refractivity contribution is 0.398. The summed E-state index contributed by atoms with van der Waals surface area (Å²) in [6.45, 7) is 1.96. The zero-order valence-electron chi connectivity index (χ0n) is 10.6. The third kappa shape index (κ3) is 2.78. The minimum Gasteiger partial charge on any atom is -0.481 e. The zero-order valence-corrected chi connectivity index (χ0v) is 10.6. The summed E-state index contributed by atoms with van der Waals surface area (Å²) in [5.74, 6) is 1.32. The van der Waals surface area contributed by atoms with Crippen LogP contribution in [0.4, 0.5) is 11.5 Å². The number of hydrogen-bond acceptors (Lipinski definition) is 4. The number of hydrogen-bond donors (Lipinski definition) is 2. The molecular weight excluding hydrogens is 226 g/mol. The van der Waals surface area contributed by atoms with Gasteiger partial charge in [-0.15, -0.1) is 0 Å². The third-order valence-electron chi connectivity index (χ3n) is 2.65. The predicted octanol–water partition coefficient (Wildman–Crippen LogP) is 2.85. The second kappa shape index (κ2) is 5.51. The Morgan fingerprint density at radius 3 is 2.67 bits per heavy atom. The molecule has 1 heterocycles. The molecule has 0 amide bonds. The average molecular weight is 243 g/mol. The molecule has 0 saturated carbocycles. The van der Waals surface area contributed by atoms with Gasteiger partial charge < -0.3 is 15.8 Å². The van der Waals surface area contributed by atoms with Crippen LogP contribution in [0.1, 0.15) is 18.5 Å². The molecule has 4 heteroatoms. The molecule has 2 rings (SSSR count). The molecule has 1 atom stereocenters. The van der Waals surface area contributed by atoms with Gasteiger partial charge in [-0.1, -0.05) is 24.3 Å². The number of pyridine rings is 1. The van der Waals surface area contributed by atoms with Crippen LogP contribution in [-0.2, 0) is 0 Å². The Hall–Kier alpha value is -2.07. The summed E-state index contributed by atoms with van der Waals surface area (Å²) in [7, 11) is 1.60. The van der Waals surface area contributed by atoms with Gasteiger partial charge >= 0.3 is 0 Å². The predicted molar refractivity (Wildman–Crippen MR) is 73.1 cm³/mol. The van der Waals surface area contributed by atoms with Gasteiger partial charge in [0.1, 0.15) is 5.82 Å². The molecule has 0 spiro atoms. The molecule has 2 aromatic rings.